The fourth-order valence-electron chi connectivity index (χ4n) is 3.17. The number of carbonyl (C=O) groups is 1. The van der Waals surface area contributed by atoms with E-state index in [1.165, 1.54) is 11.8 Å². The van der Waals surface area contributed by atoms with Gasteiger partial charge in [0.1, 0.15) is 11.6 Å². The average molecular weight is 505 g/mol. The summed E-state index contributed by atoms with van der Waals surface area (Å²) in [4.78, 5) is 12.4. The molecule has 0 saturated carbocycles. The molecule has 0 radical (unpaired) electrons. The highest BCUT2D eigenvalue weighted by atomic mass is 35.5. The molecule has 0 bridgehead atoms. The van der Waals surface area contributed by atoms with Gasteiger partial charge in [0.15, 0.2) is 5.16 Å². The van der Waals surface area contributed by atoms with Crippen molar-refractivity contribution in [2.75, 3.05) is 12.4 Å². The summed E-state index contributed by atoms with van der Waals surface area (Å²) < 4.78 is 7.72. The first-order valence-electron chi connectivity index (χ1n) is 10.6. The van der Waals surface area contributed by atoms with Gasteiger partial charge in [0, 0.05) is 18.0 Å². The molecule has 0 aliphatic carbocycles. The number of halogens is 2. The number of nitrogens with zero attached hydrogens (tertiary/aromatic N) is 3. The molecule has 0 saturated heterocycles. The number of benzene rings is 2. The SMILES string of the molecule is C=CCn1c(CCCOc2ccc(Cl)cc2Cl)nnc1SCC(=O)NC(C)c1ccccc1. The van der Waals surface area contributed by atoms with Crippen molar-refractivity contribution in [2.24, 2.45) is 0 Å². The van der Waals surface area contributed by atoms with Crippen molar-refractivity contribution in [1.29, 1.82) is 0 Å². The standard InChI is InChI=1S/C24H26Cl2N4O2S/c1-3-13-30-22(10-7-14-32-21-12-11-19(25)15-20(21)26)28-29-24(30)33-16-23(31)27-17(2)18-8-5-4-6-9-18/h3-6,8-9,11-12,15,17H,1,7,10,13-14,16H2,2H3,(H,27,31). The van der Waals surface area contributed by atoms with Crippen LogP contribution in [-0.2, 0) is 17.8 Å². The topological polar surface area (TPSA) is 69.0 Å². The van der Waals surface area contributed by atoms with Crippen LogP contribution in [0.3, 0.4) is 0 Å². The number of thioether (sulfide) groups is 1. The Balaban J connectivity index is 1.50. The number of hydrogen-bond acceptors (Lipinski definition) is 5. The molecule has 1 amide bonds. The highest BCUT2D eigenvalue weighted by molar-refractivity contribution is 7.99. The van der Waals surface area contributed by atoms with Crippen molar-refractivity contribution in [3.8, 4) is 5.75 Å². The molecule has 0 fully saturated rings. The van der Waals surface area contributed by atoms with Gasteiger partial charge in [0.05, 0.1) is 23.4 Å². The highest BCUT2D eigenvalue weighted by Gasteiger charge is 2.15. The van der Waals surface area contributed by atoms with Crippen molar-refractivity contribution in [2.45, 2.75) is 37.5 Å². The zero-order chi connectivity index (χ0) is 23.6. The van der Waals surface area contributed by atoms with Crippen LogP contribution < -0.4 is 10.1 Å². The van der Waals surface area contributed by atoms with Crippen LogP contribution in [0.15, 0.2) is 66.3 Å². The van der Waals surface area contributed by atoms with Crippen LogP contribution in [0.1, 0.15) is 30.8 Å². The first-order valence-corrected chi connectivity index (χ1v) is 12.3. The van der Waals surface area contributed by atoms with Gasteiger partial charge in [-0.2, -0.15) is 0 Å². The lowest BCUT2D eigenvalue weighted by Crippen LogP contribution is -2.28. The summed E-state index contributed by atoms with van der Waals surface area (Å²) in [6.07, 6.45) is 3.19. The van der Waals surface area contributed by atoms with Crippen LogP contribution in [0.4, 0.5) is 0 Å². The van der Waals surface area contributed by atoms with Crippen molar-refractivity contribution < 1.29 is 9.53 Å². The molecule has 0 aliphatic heterocycles. The highest BCUT2D eigenvalue weighted by Crippen LogP contribution is 2.27. The minimum Gasteiger partial charge on any atom is -0.492 e. The minimum atomic E-state index is -0.0601. The van der Waals surface area contributed by atoms with Gasteiger partial charge >= 0.3 is 0 Å². The third-order valence-corrected chi connectivity index (χ3v) is 6.31. The van der Waals surface area contributed by atoms with E-state index < -0.39 is 0 Å². The molecule has 9 heteroatoms. The Morgan fingerprint density at radius 1 is 1.24 bits per heavy atom. The zero-order valence-corrected chi connectivity index (χ0v) is 20.7. The third kappa shape index (κ3) is 7.52. The summed E-state index contributed by atoms with van der Waals surface area (Å²) in [6.45, 7) is 6.83. The Morgan fingerprint density at radius 2 is 2.03 bits per heavy atom. The number of amides is 1. The van der Waals surface area contributed by atoms with Gasteiger partial charge in [0.25, 0.3) is 0 Å². The molecular formula is C24H26Cl2N4O2S. The Bertz CT molecular complexity index is 1080. The second kappa shape index (κ2) is 12.7. The van der Waals surface area contributed by atoms with Gasteiger partial charge in [-0.3, -0.25) is 4.79 Å². The molecule has 174 valence electrons. The van der Waals surface area contributed by atoms with E-state index >= 15 is 0 Å². The first-order chi connectivity index (χ1) is 16.0. The Labute approximate surface area is 208 Å². The predicted molar refractivity (Wildman–Crippen MR) is 134 cm³/mol. The number of nitrogens with one attached hydrogen (secondary N) is 1. The van der Waals surface area contributed by atoms with E-state index in [1.54, 1.807) is 24.3 Å². The van der Waals surface area contributed by atoms with E-state index in [9.17, 15) is 4.79 Å². The second-order valence-corrected chi connectivity index (χ2v) is 9.10. The predicted octanol–water partition coefficient (Wildman–Crippen LogP) is 5.75. The molecular weight excluding hydrogens is 479 g/mol. The van der Waals surface area contributed by atoms with E-state index in [4.69, 9.17) is 27.9 Å². The molecule has 1 N–H and O–H groups in total. The molecule has 3 aromatic rings. The van der Waals surface area contributed by atoms with E-state index in [0.29, 0.717) is 40.5 Å². The fourth-order valence-corrected chi connectivity index (χ4v) is 4.41. The molecule has 6 nitrogen and oxygen atoms in total. The maximum absolute atomic E-state index is 12.4. The minimum absolute atomic E-state index is 0.0562. The van der Waals surface area contributed by atoms with Crippen molar-refractivity contribution >= 4 is 40.9 Å². The lowest BCUT2D eigenvalue weighted by atomic mass is 10.1. The molecule has 3 rings (SSSR count). The van der Waals surface area contributed by atoms with Crippen LogP contribution in [0, 0.1) is 0 Å². The largest absolute Gasteiger partial charge is 0.492 e. The van der Waals surface area contributed by atoms with E-state index in [1.807, 2.05) is 41.8 Å². The average Bonchev–Trinajstić information content (AvgIpc) is 3.18. The summed E-state index contributed by atoms with van der Waals surface area (Å²) in [7, 11) is 0. The van der Waals surface area contributed by atoms with Crippen molar-refractivity contribution in [1.82, 2.24) is 20.1 Å². The van der Waals surface area contributed by atoms with Gasteiger partial charge in [0.2, 0.25) is 5.91 Å². The molecule has 1 atom stereocenters. The number of rotatable bonds is 12. The summed E-state index contributed by atoms with van der Waals surface area (Å²) >= 11 is 13.4. The van der Waals surface area contributed by atoms with Crippen LogP contribution in [0.2, 0.25) is 10.0 Å². The van der Waals surface area contributed by atoms with E-state index in [-0.39, 0.29) is 17.7 Å². The maximum Gasteiger partial charge on any atom is 0.230 e. The number of carbonyl (C=O) groups excluding carboxylic acids is 1. The molecule has 0 spiro atoms. The van der Waals surface area contributed by atoms with Gasteiger partial charge in [-0.1, -0.05) is 71.4 Å². The molecule has 2 aromatic carbocycles. The van der Waals surface area contributed by atoms with Crippen LogP contribution in [-0.4, -0.2) is 33.0 Å². The summed E-state index contributed by atoms with van der Waals surface area (Å²) in [6, 6.07) is 15.0. The smallest absolute Gasteiger partial charge is 0.230 e. The molecule has 1 unspecified atom stereocenters. The van der Waals surface area contributed by atoms with Gasteiger partial charge < -0.3 is 14.6 Å². The Morgan fingerprint density at radius 3 is 2.76 bits per heavy atom. The van der Waals surface area contributed by atoms with Gasteiger partial charge in [-0.05, 0) is 37.1 Å². The molecule has 0 aliphatic rings. The van der Waals surface area contributed by atoms with E-state index in [0.717, 1.165) is 17.8 Å². The van der Waals surface area contributed by atoms with E-state index in [2.05, 4.69) is 22.1 Å². The van der Waals surface area contributed by atoms with Gasteiger partial charge in [-0.25, -0.2) is 0 Å². The molecule has 33 heavy (non-hydrogen) atoms. The summed E-state index contributed by atoms with van der Waals surface area (Å²) in [5.74, 6) is 1.62. The number of allylic oxidation sites excluding steroid dienone is 1. The lowest BCUT2D eigenvalue weighted by Gasteiger charge is -2.14. The summed E-state index contributed by atoms with van der Waals surface area (Å²) in [5, 5.41) is 13.3. The molecule has 1 aromatic heterocycles. The quantitative estimate of drug-likeness (QED) is 0.193. The second-order valence-electron chi connectivity index (χ2n) is 7.31. The maximum atomic E-state index is 12.4. The van der Waals surface area contributed by atoms with Crippen LogP contribution in [0.25, 0.3) is 0 Å². The van der Waals surface area contributed by atoms with Crippen molar-refractivity contribution in [3.05, 3.63) is 82.6 Å². The molecule has 1 heterocycles. The summed E-state index contributed by atoms with van der Waals surface area (Å²) in [5.41, 5.74) is 1.06. The number of hydrogen-bond donors (Lipinski definition) is 1. The lowest BCUT2D eigenvalue weighted by molar-refractivity contribution is -0.119. The normalized spacial score (nSPS) is 11.7. The zero-order valence-electron chi connectivity index (χ0n) is 18.3. The Hall–Kier alpha value is -2.48. The first kappa shape index (κ1) is 25.1. The number of aryl methyl sites for hydroxylation is 1. The Kier molecular flexibility index (Phi) is 9.66. The fraction of sp³-hybridized carbons (Fsp3) is 0.292. The monoisotopic (exact) mass is 504 g/mol. The van der Waals surface area contributed by atoms with Gasteiger partial charge in [-0.15, -0.1) is 16.8 Å². The van der Waals surface area contributed by atoms with Crippen LogP contribution in [0.5, 0.6) is 5.75 Å². The number of ether oxygens (including phenoxy) is 1. The third-order valence-electron chi connectivity index (χ3n) is 4.81. The van der Waals surface area contributed by atoms with Crippen LogP contribution >= 0.6 is 35.0 Å². The number of aromatic nitrogens is 3. The van der Waals surface area contributed by atoms with Crippen molar-refractivity contribution in [3.63, 3.8) is 0 Å².